The van der Waals surface area contributed by atoms with Gasteiger partial charge in [-0.05, 0) is 25.7 Å². The Morgan fingerprint density at radius 3 is 2.86 bits per heavy atom. The minimum atomic E-state index is 0.622. The van der Waals surface area contributed by atoms with E-state index in [9.17, 15) is 0 Å². The van der Waals surface area contributed by atoms with Crippen LogP contribution in [0.2, 0.25) is 5.15 Å². The van der Waals surface area contributed by atoms with E-state index in [2.05, 4.69) is 16.8 Å². The van der Waals surface area contributed by atoms with E-state index < -0.39 is 0 Å². The number of hydrogen-bond acceptors (Lipinski definition) is 3. The average Bonchev–Trinajstić information content (AvgIpc) is 2.50. The maximum absolute atomic E-state index is 5.82. The fourth-order valence-corrected chi connectivity index (χ4v) is 2.74. The van der Waals surface area contributed by atoms with E-state index in [1.54, 1.807) is 11.3 Å². The van der Waals surface area contributed by atoms with Gasteiger partial charge in [0, 0.05) is 18.5 Å². The van der Waals surface area contributed by atoms with Crippen molar-refractivity contribution in [1.82, 2.24) is 4.98 Å². The Morgan fingerprint density at radius 1 is 1.64 bits per heavy atom. The fraction of sp³-hybridized carbons (Fsp3) is 0.700. The molecule has 2 nitrogen and oxygen atoms in total. The van der Waals surface area contributed by atoms with Gasteiger partial charge in [-0.3, -0.25) is 0 Å². The minimum Gasteiger partial charge on any atom is -0.348 e. The van der Waals surface area contributed by atoms with Gasteiger partial charge in [0.1, 0.15) is 5.15 Å². The molecule has 1 aliphatic carbocycles. The van der Waals surface area contributed by atoms with Crippen LogP contribution >= 0.6 is 22.9 Å². The zero-order chi connectivity index (χ0) is 9.97. The number of anilines is 1. The molecule has 0 atom stereocenters. The molecule has 0 radical (unpaired) electrons. The van der Waals surface area contributed by atoms with E-state index in [0.717, 1.165) is 24.1 Å². The van der Waals surface area contributed by atoms with E-state index in [1.807, 2.05) is 5.38 Å². The summed E-state index contributed by atoms with van der Waals surface area (Å²) in [5, 5.41) is 3.60. The lowest BCUT2D eigenvalue weighted by Crippen LogP contribution is -2.32. The normalized spacial score (nSPS) is 16.7. The van der Waals surface area contributed by atoms with Crippen LogP contribution in [0, 0.1) is 5.92 Å². The molecule has 1 aromatic rings. The van der Waals surface area contributed by atoms with Crippen molar-refractivity contribution in [1.29, 1.82) is 0 Å². The standard InChI is InChI=1S/C10H15ClN2S/c1-2-13(6-8-4-3-5-8)10-12-9(11)7-14-10/h7-8H,2-6H2,1H3. The summed E-state index contributed by atoms with van der Waals surface area (Å²) >= 11 is 7.46. The van der Waals surface area contributed by atoms with Crippen molar-refractivity contribution in [2.24, 2.45) is 5.92 Å². The molecular weight excluding hydrogens is 216 g/mol. The molecule has 0 amide bonds. The van der Waals surface area contributed by atoms with Crippen LogP contribution in [-0.4, -0.2) is 18.1 Å². The third kappa shape index (κ3) is 2.20. The van der Waals surface area contributed by atoms with Crippen molar-refractivity contribution in [2.75, 3.05) is 18.0 Å². The summed E-state index contributed by atoms with van der Waals surface area (Å²) in [6.45, 7) is 4.36. The molecule has 78 valence electrons. The Morgan fingerprint density at radius 2 is 2.43 bits per heavy atom. The highest BCUT2D eigenvalue weighted by Crippen LogP contribution is 2.30. The maximum Gasteiger partial charge on any atom is 0.186 e. The van der Waals surface area contributed by atoms with Gasteiger partial charge >= 0.3 is 0 Å². The van der Waals surface area contributed by atoms with Crippen LogP contribution in [0.25, 0.3) is 0 Å². The molecule has 0 aliphatic heterocycles. The van der Waals surface area contributed by atoms with Gasteiger partial charge in [-0.2, -0.15) is 0 Å². The second-order valence-electron chi connectivity index (χ2n) is 3.79. The van der Waals surface area contributed by atoms with E-state index in [-0.39, 0.29) is 0 Å². The first-order valence-electron chi connectivity index (χ1n) is 5.15. The quantitative estimate of drug-likeness (QED) is 0.788. The highest BCUT2D eigenvalue weighted by molar-refractivity contribution is 7.14. The molecule has 1 aromatic heterocycles. The number of thiazole rings is 1. The predicted octanol–water partition coefficient (Wildman–Crippen LogP) is 3.42. The Kier molecular flexibility index (Phi) is 3.29. The second-order valence-corrected chi connectivity index (χ2v) is 5.01. The number of halogens is 1. The summed E-state index contributed by atoms with van der Waals surface area (Å²) in [5.41, 5.74) is 0. The molecule has 1 heterocycles. The van der Waals surface area contributed by atoms with Crippen LogP contribution in [0.4, 0.5) is 5.13 Å². The summed E-state index contributed by atoms with van der Waals surface area (Å²) in [6, 6.07) is 0. The first-order valence-corrected chi connectivity index (χ1v) is 6.41. The lowest BCUT2D eigenvalue weighted by Gasteiger charge is -2.31. The van der Waals surface area contributed by atoms with Gasteiger partial charge < -0.3 is 4.90 Å². The molecule has 1 aliphatic rings. The van der Waals surface area contributed by atoms with Crippen LogP contribution in [0.15, 0.2) is 5.38 Å². The molecular formula is C10H15ClN2S. The molecule has 0 spiro atoms. The molecule has 1 saturated carbocycles. The molecule has 1 fully saturated rings. The zero-order valence-corrected chi connectivity index (χ0v) is 9.94. The molecule has 2 rings (SSSR count). The first kappa shape index (κ1) is 10.2. The van der Waals surface area contributed by atoms with Crippen molar-refractivity contribution in [2.45, 2.75) is 26.2 Å². The van der Waals surface area contributed by atoms with E-state index >= 15 is 0 Å². The van der Waals surface area contributed by atoms with Crippen LogP contribution < -0.4 is 4.90 Å². The monoisotopic (exact) mass is 230 g/mol. The Hall–Kier alpha value is -0.280. The van der Waals surface area contributed by atoms with Gasteiger partial charge in [0.25, 0.3) is 0 Å². The lowest BCUT2D eigenvalue weighted by atomic mass is 9.85. The molecule has 0 bridgehead atoms. The van der Waals surface area contributed by atoms with Crippen molar-refractivity contribution in [3.63, 3.8) is 0 Å². The fourth-order valence-electron chi connectivity index (χ4n) is 1.72. The number of hydrogen-bond donors (Lipinski definition) is 0. The largest absolute Gasteiger partial charge is 0.348 e. The van der Waals surface area contributed by atoms with Crippen LogP contribution in [0.3, 0.4) is 0 Å². The van der Waals surface area contributed by atoms with Gasteiger partial charge in [0.05, 0.1) is 0 Å². The average molecular weight is 231 g/mol. The molecule has 0 saturated heterocycles. The Labute approximate surface area is 93.9 Å². The number of aromatic nitrogens is 1. The first-order chi connectivity index (χ1) is 6.79. The highest BCUT2D eigenvalue weighted by Gasteiger charge is 2.21. The van der Waals surface area contributed by atoms with Crippen molar-refractivity contribution in [3.8, 4) is 0 Å². The number of nitrogens with zero attached hydrogens (tertiary/aromatic N) is 2. The summed E-state index contributed by atoms with van der Waals surface area (Å²) in [4.78, 5) is 6.64. The number of rotatable bonds is 4. The van der Waals surface area contributed by atoms with E-state index in [4.69, 9.17) is 11.6 Å². The predicted molar refractivity (Wildman–Crippen MR) is 62.4 cm³/mol. The van der Waals surface area contributed by atoms with Crippen molar-refractivity contribution < 1.29 is 0 Å². The molecule has 4 heteroatoms. The molecule has 0 aromatic carbocycles. The Balaban J connectivity index is 1.97. The minimum absolute atomic E-state index is 0.622. The third-order valence-electron chi connectivity index (χ3n) is 2.82. The van der Waals surface area contributed by atoms with Gasteiger partial charge in [-0.1, -0.05) is 18.0 Å². The SMILES string of the molecule is CCN(CC1CCC1)c1nc(Cl)cs1. The van der Waals surface area contributed by atoms with Crippen LogP contribution in [-0.2, 0) is 0 Å². The van der Waals surface area contributed by atoms with Crippen LogP contribution in [0.5, 0.6) is 0 Å². The zero-order valence-electron chi connectivity index (χ0n) is 8.37. The molecule has 14 heavy (non-hydrogen) atoms. The molecule has 0 N–H and O–H groups in total. The Bertz CT molecular complexity index is 296. The second kappa shape index (κ2) is 4.49. The van der Waals surface area contributed by atoms with Crippen molar-refractivity contribution >= 4 is 28.1 Å². The van der Waals surface area contributed by atoms with Crippen molar-refractivity contribution in [3.05, 3.63) is 10.5 Å². The summed E-state index contributed by atoms with van der Waals surface area (Å²) in [5.74, 6) is 0.887. The smallest absolute Gasteiger partial charge is 0.186 e. The maximum atomic E-state index is 5.82. The molecule has 0 unspecified atom stereocenters. The van der Waals surface area contributed by atoms with Gasteiger partial charge in [-0.25, -0.2) is 4.98 Å². The lowest BCUT2D eigenvalue weighted by molar-refractivity contribution is 0.318. The topological polar surface area (TPSA) is 16.1 Å². The van der Waals surface area contributed by atoms with E-state index in [0.29, 0.717) is 5.15 Å². The van der Waals surface area contributed by atoms with Gasteiger partial charge in [0.15, 0.2) is 5.13 Å². The summed E-state index contributed by atoms with van der Waals surface area (Å²) < 4.78 is 0. The highest BCUT2D eigenvalue weighted by atomic mass is 35.5. The van der Waals surface area contributed by atoms with Gasteiger partial charge in [-0.15, -0.1) is 11.3 Å². The van der Waals surface area contributed by atoms with Gasteiger partial charge in [0.2, 0.25) is 0 Å². The van der Waals surface area contributed by atoms with E-state index in [1.165, 1.54) is 19.3 Å². The summed E-state index contributed by atoms with van der Waals surface area (Å²) in [7, 11) is 0. The summed E-state index contributed by atoms with van der Waals surface area (Å²) in [6.07, 6.45) is 4.17. The third-order valence-corrected chi connectivity index (χ3v) is 4.04. The van der Waals surface area contributed by atoms with Crippen LogP contribution in [0.1, 0.15) is 26.2 Å².